The van der Waals surface area contributed by atoms with E-state index in [0.717, 1.165) is 0 Å². The van der Waals surface area contributed by atoms with Gasteiger partial charge in [-0.25, -0.2) is 4.98 Å². The third-order valence-electron chi connectivity index (χ3n) is 2.34. The van der Waals surface area contributed by atoms with Crippen molar-refractivity contribution in [1.29, 1.82) is 0 Å². The molecule has 1 amide bonds. The second-order valence-electron chi connectivity index (χ2n) is 3.77. The van der Waals surface area contributed by atoms with Gasteiger partial charge in [-0.1, -0.05) is 46.4 Å². The first kappa shape index (κ1) is 15.2. The highest BCUT2D eigenvalue weighted by Gasteiger charge is 2.15. The first-order valence-corrected chi connectivity index (χ1v) is 6.77. The van der Waals surface area contributed by atoms with Crippen LogP contribution in [0.1, 0.15) is 10.5 Å². The van der Waals surface area contributed by atoms with Crippen molar-refractivity contribution >= 4 is 63.8 Å². The fraction of sp³-hybridized carbons (Fsp3) is 0. The molecular formula is C12H7Cl4N3O. The monoisotopic (exact) mass is 349 g/mol. The Hall–Kier alpha value is -1.20. The van der Waals surface area contributed by atoms with Gasteiger partial charge in [0.15, 0.2) is 0 Å². The molecule has 0 aliphatic heterocycles. The summed E-state index contributed by atoms with van der Waals surface area (Å²) in [5.74, 6) is -0.373. The molecule has 0 saturated carbocycles. The maximum absolute atomic E-state index is 12.1. The molecule has 4 nitrogen and oxygen atoms in total. The van der Waals surface area contributed by atoms with Crippen molar-refractivity contribution < 1.29 is 4.79 Å². The Labute approximate surface area is 134 Å². The molecule has 8 heteroatoms. The minimum absolute atomic E-state index is 0.00574. The molecule has 0 spiro atoms. The van der Waals surface area contributed by atoms with Gasteiger partial charge in [-0.15, -0.1) is 0 Å². The van der Waals surface area contributed by atoms with Gasteiger partial charge in [0, 0.05) is 0 Å². The van der Waals surface area contributed by atoms with Gasteiger partial charge in [0.2, 0.25) is 0 Å². The number of nitrogens with zero attached hydrogens (tertiary/aromatic N) is 1. The fourth-order valence-electron chi connectivity index (χ4n) is 1.42. The Bertz CT molecular complexity index is 691. The van der Waals surface area contributed by atoms with Crippen LogP contribution in [0.2, 0.25) is 20.1 Å². The Morgan fingerprint density at radius 2 is 1.65 bits per heavy atom. The molecule has 2 rings (SSSR count). The highest BCUT2D eigenvalue weighted by molar-refractivity contribution is 6.44. The number of aromatic nitrogens is 1. The average molecular weight is 351 g/mol. The summed E-state index contributed by atoms with van der Waals surface area (Å²) in [5.41, 5.74) is 5.81. The van der Waals surface area contributed by atoms with E-state index in [4.69, 9.17) is 52.1 Å². The third kappa shape index (κ3) is 3.27. The second kappa shape index (κ2) is 6.06. The summed E-state index contributed by atoms with van der Waals surface area (Å²) >= 11 is 23.5. The van der Waals surface area contributed by atoms with Crippen LogP contribution >= 0.6 is 46.4 Å². The Kier molecular flexibility index (Phi) is 4.60. The number of pyridine rings is 1. The molecule has 0 atom stereocenters. The van der Waals surface area contributed by atoms with Gasteiger partial charge in [-0.2, -0.15) is 0 Å². The maximum atomic E-state index is 12.1. The summed E-state index contributed by atoms with van der Waals surface area (Å²) in [4.78, 5) is 16.0. The smallest absolute Gasteiger partial charge is 0.275 e. The molecule has 0 fully saturated rings. The van der Waals surface area contributed by atoms with Gasteiger partial charge in [-0.05, 0) is 24.3 Å². The fourth-order valence-corrected chi connectivity index (χ4v) is 2.20. The lowest BCUT2D eigenvalue weighted by Crippen LogP contribution is -2.15. The van der Waals surface area contributed by atoms with Crippen molar-refractivity contribution in [2.24, 2.45) is 0 Å². The normalized spacial score (nSPS) is 10.4. The largest absolute Gasteiger partial charge is 0.384 e. The van der Waals surface area contributed by atoms with Gasteiger partial charge in [0.05, 0.1) is 25.8 Å². The van der Waals surface area contributed by atoms with Crippen LogP contribution in [0.3, 0.4) is 0 Å². The lowest BCUT2D eigenvalue weighted by atomic mass is 10.3. The van der Waals surface area contributed by atoms with E-state index in [1.807, 2.05) is 0 Å². The zero-order chi connectivity index (χ0) is 14.9. The van der Waals surface area contributed by atoms with Crippen molar-refractivity contribution in [2.75, 3.05) is 11.1 Å². The van der Waals surface area contributed by atoms with Crippen molar-refractivity contribution in [3.8, 4) is 0 Å². The first-order chi connectivity index (χ1) is 9.38. The number of benzene rings is 1. The van der Waals surface area contributed by atoms with Gasteiger partial charge in [-0.3, -0.25) is 4.79 Å². The second-order valence-corrected chi connectivity index (χ2v) is 5.40. The molecule has 3 N–H and O–H groups in total. The van der Waals surface area contributed by atoms with Crippen LogP contribution in [0.25, 0.3) is 0 Å². The highest BCUT2D eigenvalue weighted by atomic mass is 35.5. The number of halogens is 4. The van der Waals surface area contributed by atoms with E-state index in [2.05, 4.69) is 10.3 Å². The van der Waals surface area contributed by atoms with E-state index in [1.165, 1.54) is 24.3 Å². The van der Waals surface area contributed by atoms with Crippen LogP contribution in [0.15, 0.2) is 24.3 Å². The van der Waals surface area contributed by atoms with E-state index >= 15 is 0 Å². The molecule has 0 aliphatic carbocycles. The number of carbonyl (C=O) groups is 1. The molecule has 104 valence electrons. The average Bonchev–Trinajstić information content (AvgIpc) is 2.38. The number of nitrogen functional groups attached to an aromatic ring is 1. The summed E-state index contributed by atoms with van der Waals surface area (Å²) < 4.78 is 0. The summed E-state index contributed by atoms with van der Waals surface area (Å²) in [6, 6.07) is 5.83. The Morgan fingerprint density at radius 1 is 1.00 bits per heavy atom. The number of rotatable bonds is 2. The van der Waals surface area contributed by atoms with Crippen LogP contribution in [0.5, 0.6) is 0 Å². The number of nitrogens with two attached hydrogens (primary N) is 1. The summed E-state index contributed by atoms with van der Waals surface area (Å²) in [5, 5.41) is 3.51. The standard InChI is InChI=1S/C12H7Cl4N3O/c13-5-1-2-10(17)19-11(5)12(20)18-9-4-7(15)6(14)3-8(9)16/h1-4H,(H2,17,19)(H,18,20). The molecule has 0 radical (unpaired) electrons. The third-order valence-corrected chi connectivity index (χ3v) is 3.68. The van der Waals surface area contributed by atoms with Crippen molar-refractivity contribution in [3.05, 3.63) is 50.0 Å². The summed E-state index contributed by atoms with van der Waals surface area (Å²) in [6.45, 7) is 0. The zero-order valence-corrected chi connectivity index (χ0v) is 12.8. The topological polar surface area (TPSA) is 68.0 Å². The number of nitrogens with one attached hydrogen (secondary N) is 1. The molecule has 0 bridgehead atoms. The Balaban J connectivity index is 2.32. The van der Waals surface area contributed by atoms with E-state index in [0.29, 0.717) is 5.69 Å². The Morgan fingerprint density at radius 3 is 2.35 bits per heavy atom. The summed E-state index contributed by atoms with van der Waals surface area (Å²) in [6.07, 6.45) is 0. The highest BCUT2D eigenvalue weighted by Crippen LogP contribution is 2.32. The number of hydrogen-bond donors (Lipinski definition) is 2. The van der Waals surface area contributed by atoms with Crippen LogP contribution in [-0.4, -0.2) is 10.9 Å². The van der Waals surface area contributed by atoms with E-state index < -0.39 is 5.91 Å². The van der Waals surface area contributed by atoms with Crippen molar-refractivity contribution in [3.63, 3.8) is 0 Å². The van der Waals surface area contributed by atoms with Gasteiger partial charge < -0.3 is 11.1 Å². The van der Waals surface area contributed by atoms with Crippen LogP contribution in [-0.2, 0) is 0 Å². The number of amides is 1. The molecule has 1 aromatic carbocycles. The van der Waals surface area contributed by atoms with E-state index in [9.17, 15) is 4.79 Å². The van der Waals surface area contributed by atoms with Gasteiger partial charge >= 0.3 is 0 Å². The van der Waals surface area contributed by atoms with Crippen LogP contribution < -0.4 is 11.1 Å². The molecule has 20 heavy (non-hydrogen) atoms. The van der Waals surface area contributed by atoms with Crippen molar-refractivity contribution in [1.82, 2.24) is 4.98 Å². The lowest BCUT2D eigenvalue weighted by molar-refractivity contribution is 0.102. The lowest BCUT2D eigenvalue weighted by Gasteiger charge is -2.09. The van der Waals surface area contributed by atoms with Crippen molar-refractivity contribution in [2.45, 2.75) is 0 Å². The number of hydrogen-bond acceptors (Lipinski definition) is 3. The SMILES string of the molecule is Nc1ccc(Cl)c(C(=O)Nc2cc(Cl)c(Cl)cc2Cl)n1. The molecule has 1 heterocycles. The quantitative estimate of drug-likeness (QED) is 0.782. The van der Waals surface area contributed by atoms with E-state index in [1.54, 1.807) is 0 Å². The maximum Gasteiger partial charge on any atom is 0.275 e. The minimum atomic E-state index is -0.553. The zero-order valence-electron chi connectivity index (χ0n) is 9.75. The molecule has 2 aromatic rings. The van der Waals surface area contributed by atoms with Gasteiger partial charge in [0.1, 0.15) is 11.5 Å². The number of carbonyl (C=O) groups excluding carboxylic acids is 1. The van der Waals surface area contributed by atoms with Crippen LogP contribution in [0.4, 0.5) is 11.5 Å². The molecule has 0 saturated heterocycles. The molecular weight excluding hydrogens is 344 g/mol. The van der Waals surface area contributed by atoms with Gasteiger partial charge in [0.25, 0.3) is 5.91 Å². The molecule has 0 aliphatic rings. The number of anilines is 2. The van der Waals surface area contributed by atoms with Crippen LogP contribution in [0, 0.1) is 0 Å². The summed E-state index contributed by atoms with van der Waals surface area (Å²) in [7, 11) is 0. The predicted molar refractivity (Wildman–Crippen MR) is 83.1 cm³/mol. The minimum Gasteiger partial charge on any atom is -0.384 e. The first-order valence-electron chi connectivity index (χ1n) is 5.26. The molecule has 1 aromatic heterocycles. The molecule has 0 unspecified atom stereocenters. The predicted octanol–water partition coefficient (Wildman–Crippen LogP) is 4.53. The van der Waals surface area contributed by atoms with E-state index in [-0.39, 0.29) is 31.6 Å².